The molecule has 0 spiro atoms. The summed E-state index contributed by atoms with van der Waals surface area (Å²) in [6.07, 6.45) is 0. The fraction of sp³-hybridized carbons (Fsp3) is 0. The number of para-hydroxylation sites is 1. The van der Waals surface area contributed by atoms with Gasteiger partial charge in [0.2, 0.25) is 0 Å². The lowest BCUT2D eigenvalue weighted by molar-refractivity contribution is 1.18. The van der Waals surface area contributed by atoms with Crippen molar-refractivity contribution >= 4 is 96.7 Å². The maximum absolute atomic E-state index is 2.47. The Labute approximate surface area is 309 Å². The predicted molar refractivity (Wildman–Crippen MR) is 228 cm³/mol. The molecule has 12 rings (SSSR count). The van der Waals surface area contributed by atoms with Gasteiger partial charge < -0.3 is 9.13 Å². The molecule has 246 valence electrons. The number of fused-ring (bicyclic) bond motifs is 12. The molecule has 0 saturated heterocycles. The second-order valence-electron chi connectivity index (χ2n) is 14.1. The molecule has 0 amide bonds. The topological polar surface area (TPSA) is 9.86 Å². The van der Waals surface area contributed by atoms with E-state index in [1.807, 2.05) is 11.3 Å². The first-order valence-corrected chi connectivity index (χ1v) is 19.0. The van der Waals surface area contributed by atoms with Crippen molar-refractivity contribution in [2.24, 2.45) is 0 Å². The Hall–Kier alpha value is -6.68. The number of nitrogens with zero attached hydrogens (tertiary/aromatic N) is 2. The average Bonchev–Trinajstić information content (AvgIpc) is 3.87. The summed E-state index contributed by atoms with van der Waals surface area (Å²) in [4.78, 5) is 0. The maximum Gasteiger partial charge on any atom is 0.0548 e. The molecule has 0 aliphatic heterocycles. The van der Waals surface area contributed by atoms with Crippen LogP contribution in [0.2, 0.25) is 0 Å². The molecule has 2 nitrogen and oxygen atoms in total. The third-order valence-corrected chi connectivity index (χ3v) is 12.4. The van der Waals surface area contributed by atoms with Crippen LogP contribution in [-0.2, 0) is 0 Å². The van der Waals surface area contributed by atoms with E-state index in [-0.39, 0.29) is 0 Å². The number of aromatic nitrogens is 2. The summed E-state index contributed by atoms with van der Waals surface area (Å²) in [5.74, 6) is 0. The van der Waals surface area contributed by atoms with Gasteiger partial charge >= 0.3 is 0 Å². The summed E-state index contributed by atoms with van der Waals surface area (Å²) < 4.78 is 7.58. The lowest BCUT2D eigenvalue weighted by Gasteiger charge is -2.11. The lowest BCUT2D eigenvalue weighted by Crippen LogP contribution is -1.95. The van der Waals surface area contributed by atoms with Crippen LogP contribution in [0, 0.1) is 0 Å². The quantitative estimate of drug-likeness (QED) is 0.175. The Morgan fingerprint density at radius 2 is 0.811 bits per heavy atom. The Bertz CT molecular complexity index is 3470. The number of benzene rings is 9. The molecule has 12 aromatic rings. The molecule has 0 aliphatic carbocycles. The summed E-state index contributed by atoms with van der Waals surface area (Å²) in [6, 6.07) is 67.4. The van der Waals surface area contributed by atoms with E-state index in [2.05, 4.69) is 191 Å². The van der Waals surface area contributed by atoms with Gasteiger partial charge in [-0.3, -0.25) is 0 Å². The van der Waals surface area contributed by atoms with Gasteiger partial charge in [-0.1, -0.05) is 115 Å². The van der Waals surface area contributed by atoms with Crippen molar-refractivity contribution in [1.29, 1.82) is 0 Å². The van der Waals surface area contributed by atoms with Gasteiger partial charge in [-0.2, -0.15) is 0 Å². The number of thiophene rings is 1. The smallest absolute Gasteiger partial charge is 0.0548 e. The predicted octanol–water partition coefficient (Wildman–Crippen LogP) is 14.2. The van der Waals surface area contributed by atoms with Gasteiger partial charge in [-0.05, 0) is 99.4 Å². The van der Waals surface area contributed by atoms with E-state index in [0.29, 0.717) is 0 Å². The minimum atomic E-state index is 1.17. The Morgan fingerprint density at radius 1 is 0.302 bits per heavy atom. The lowest BCUT2D eigenvalue weighted by atomic mass is 10.00. The molecule has 3 heteroatoms. The van der Waals surface area contributed by atoms with Gasteiger partial charge in [0, 0.05) is 53.1 Å². The van der Waals surface area contributed by atoms with Crippen LogP contribution in [0.25, 0.3) is 108 Å². The molecule has 0 saturated carbocycles. The highest BCUT2D eigenvalue weighted by molar-refractivity contribution is 7.25. The highest BCUT2D eigenvalue weighted by Crippen LogP contribution is 2.44. The molecule has 0 fully saturated rings. The van der Waals surface area contributed by atoms with Crippen LogP contribution in [0.3, 0.4) is 0 Å². The largest absolute Gasteiger partial charge is 0.309 e. The minimum Gasteiger partial charge on any atom is -0.309 e. The molecule has 9 aromatic carbocycles. The van der Waals surface area contributed by atoms with Crippen LogP contribution in [-0.4, -0.2) is 9.13 Å². The van der Waals surface area contributed by atoms with Crippen molar-refractivity contribution in [3.8, 4) is 22.5 Å². The van der Waals surface area contributed by atoms with Gasteiger partial charge in [0.25, 0.3) is 0 Å². The molecular weight excluding hydrogens is 661 g/mol. The van der Waals surface area contributed by atoms with Crippen LogP contribution in [0.5, 0.6) is 0 Å². The van der Waals surface area contributed by atoms with E-state index >= 15 is 0 Å². The van der Waals surface area contributed by atoms with Crippen molar-refractivity contribution in [2.75, 3.05) is 0 Å². The van der Waals surface area contributed by atoms with Crippen molar-refractivity contribution in [2.45, 2.75) is 0 Å². The zero-order valence-corrected chi connectivity index (χ0v) is 29.4. The van der Waals surface area contributed by atoms with Gasteiger partial charge in [-0.25, -0.2) is 0 Å². The SMILES string of the molecule is c1ccc2cc(-n3c4ccccc4c4c5c6cc(-c7ccc8c(c7)sc7ccccc78)ccc6n(-c6ccc7ccccc7c6)c5ccc43)ccc2c1. The van der Waals surface area contributed by atoms with Crippen LogP contribution < -0.4 is 0 Å². The third kappa shape index (κ3) is 4.20. The van der Waals surface area contributed by atoms with E-state index in [0.717, 1.165) is 0 Å². The molecule has 0 atom stereocenters. The Morgan fingerprint density at radius 3 is 1.53 bits per heavy atom. The maximum atomic E-state index is 2.47. The van der Waals surface area contributed by atoms with Gasteiger partial charge in [-0.15, -0.1) is 11.3 Å². The molecule has 0 bridgehead atoms. The van der Waals surface area contributed by atoms with E-state index < -0.39 is 0 Å². The molecular formula is C50H30N2S. The fourth-order valence-electron chi connectivity index (χ4n) is 8.84. The third-order valence-electron chi connectivity index (χ3n) is 11.3. The van der Waals surface area contributed by atoms with E-state index in [9.17, 15) is 0 Å². The zero-order chi connectivity index (χ0) is 34.6. The molecule has 53 heavy (non-hydrogen) atoms. The standard InChI is InChI=1S/C50H30N2S/c1-3-11-33-27-37(21-17-31(33)9-1)51-43-15-7-5-14-41(43)49-45(51)25-26-46-50(49)42-29-35(36-19-23-40-39-13-6-8-16-47(39)53-48(40)30-36)20-24-44(42)52(46)38-22-18-32-10-2-4-12-34(32)28-38/h1-30H. The van der Waals surface area contributed by atoms with Crippen molar-refractivity contribution in [3.05, 3.63) is 182 Å². The summed E-state index contributed by atoms with van der Waals surface area (Å²) in [5.41, 5.74) is 9.64. The van der Waals surface area contributed by atoms with Crippen LogP contribution in [0.1, 0.15) is 0 Å². The molecule has 0 unspecified atom stereocenters. The van der Waals surface area contributed by atoms with Crippen molar-refractivity contribution in [3.63, 3.8) is 0 Å². The highest BCUT2D eigenvalue weighted by atomic mass is 32.1. The monoisotopic (exact) mass is 690 g/mol. The van der Waals surface area contributed by atoms with Crippen LogP contribution in [0.15, 0.2) is 182 Å². The van der Waals surface area contributed by atoms with Crippen LogP contribution in [0.4, 0.5) is 0 Å². The van der Waals surface area contributed by atoms with Crippen molar-refractivity contribution in [1.82, 2.24) is 9.13 Å². The van der Waals surface area contributed by atoms with E-state index in [1.165, 1.54) is 108 Å². The molecule has 0 radical (unpaired) electrons. The second kappa shape index (κ2) is 10.9. The number of hydrogen-bond acceptors (Lipinski definition) is 1. The summed E-state index contributed by atoms with van der Waals surface area (Å²) >= 11 is 1.88. The van der Waals surface area contributed by atoms with Gasteiger partial charge in [0.15, 0.2) is 0 Å². The molecule has 0 aliphatic rings. The first kappa shape index (κ1) is 29.0. The first-order chi connectivity index (χ1) is 26.3. The number of rotatable bonds is 3. The summed E-state index contributed by atoms with van der Waals surface area (Å²) in [6.45, 7) is 0. The molecule has 3 aromatic heterocycles. The second-order valence-corrected chi connectivity index (χ2v) is 15.2. The van der Waals surface area contributed by atoms with Crippen LogP contribution >= 0.6 is 11.3 Å². The van der Waals surface area contributed by atoms with Gasteiger partial charge in [0.1, 0.15) is 0 Å². The van der Waals surface area contributed by atoms with E-state index in [1.54, 1.807) is 0 Å². The highest BCUT2D eigenvalue weighted by Gasteiger charge is 2.21. The zero-order valence-electron chi connectivity index (χ0n) is 28.6. The summed E-state index contributed by atoms with van der Waals surface area (Å²) in [5, 5.41) is 12.7. The normalized spacial score (nSPS) is 12.2. The fourth-order valence-corrected chi connectivity index (χ4v) is 9.99. The average molecular weight is 691 g/mol. The Balaban J connectivity index is 1.19. The first-order valence-electron chi connectivity index (χ1n) is 18.2. The van der Waals surface area contributed by atoms with E-state index in [4.69, 9.17) is 0 Å². The number of hydrogen-bond donors (Lipinski definition) is 0. The molecule has 0 N–H and O–H groups in total. The Kier molecular flexibility index (Phi) is 5.96. The summed E-state index contributed by atoms with van der Waals surface area (Å²) in [7, 11) is 0. The molecule has 3 heterocycles. The van der Waals surface area contributed by atoms with Gasteiger partial charge in [0.05, 0.1) is 22.1 Å². The minimum absolute atomic E-state index is 1.17. The van der Waals surface area contributed by atoms with Crippen molar-refractivity contribution < 1.29 is 0 Å².